The van der Waals surface area contributed by atoms with Crippen LogP contribution in [0.5, 0.6) is 0 Å². The third-order valence-corrected chi connectivity index (χ3v) is 3.70. The molecule has 0 saturated carbocycles. The molecular weight excluding hydrogens is 195 g/mol. The van der Waals surface area contributed by atoms with E-state index in [4.69, 9.17) is 10.0 Å². The molecule has 0 unspecified atom stereocenters. The van der Waals surface area contributed by atoms with Gasteiger partial charge in [0.25, 0.3) is 0 Å². The molecule has 0 aliphatic heterocycles. The Hall–Kier alpha value is -0.835. The second kappa shape index (κ2) is 3.39. The van der Waals surface area contributed by atoms with Crippen LogP contribution in [0.15, 0.2) is 17.5 Å². The molecule has 1 aromatic carbocycles. The van der Waals surface area contributed by atoms with Gasteiger partial charge < -0.3 is 10.0 Å². The van der Waals surface area contributed by atoms with E-state index in [-0.39, 0.29) is 0 Å². The molecule has 0 bridgehead atoms. The maximum Gasteiger partial charge on any atom is 0.489 e. The lowest BCUT2D eigenvalue weighted by molar-refractivity contribution is 0.426. The molecule has 0 amide bonds. The number of benzene rings is 1. The Morgan fingerprint density at radius 1 is 1.21 bits per heavy atom. The van der Waals surface area contributed by atoms with Gasteiger partial charge in [-0.1, -0.05) is 12.1 Å². The Morgan fingerprint density at radius 2 is 1.93 bits per heavy atom. The summed E-state index contributed by atoms with van der Waals surface area (Å²) < 4.78 is 1.15. The largest absolute Gasteiger partial charge is 0.489 e. The number of aryl methyl sites for hydroxylation is 2. The second-order valence-corrected chi connectivity index (χ2v) is 4.33. The van der Waals surface area contributed by atoms with Crippen LogP contribution in [0, 0.1) is 13.8 Å². The zero-order chi connectivity index (χ0) is 10.3. The van der Waals surface area contributed by atoms with Crippen LogP contribution in [-0.2, 0) is 0 Å². The van der Waals surface area contributed by atoms with Crippen molar-refractivity contribution in [3.05, 3.63) is 28.6 Å². The first kappa shape index (κ1) is 9.71. The van der Waals surface area contributed by atoms with E-state index >= 15 is 0 Å². The lowest BCUT2D eigenvalue weighted by Crippen LogP contribution is -2.28. The number of fused-ring (bicyclic) bond motifs is 1. The number of thiophene rings is 1. The first-order valence-electron chi connectivity index (χ1n) is 4.44. The van der Waals surface area contributed by atoms with Crippen molar-refractivity contribution in [2.75, 3.05) is 0 Å². The summed E-state index contributed by atoms with van der Waals surface area (Å²) in [5, 5.41) is 21.0. The summed E-state index contributed by atoms with van der Waals surface area (Å²) in [6.45, 7) is 4.12. The van der Waals surface area contributed by atoms with E-state index in [9.17, 15) is 0 Å². The van der Waals surface area contributed by atoms with Gasteiger partial charge in [-0.15, -0.1) is 11.3 Å². The zero-order valence-electron chi connectivity index (χ0n) is 8.11. The first-order chi connectivity index (χ1) is 6.61. The predicted molar refractivity (Wildman–Crippen MR) is 61.1 cm³/mol. The summed E-state index contributed by atoms with van der Waals surface area (Å²) in [6, 6.07) is 3.96. The number of hydrogen-bond donors (Lipinski definition) is 2. The summed E-state index contributed by atoms with van der Waals surface area (Å²) in [6.07, 6.45) is 0. The van der Waals surface area contributed by atoms with Crippen molar-refractivity contribution < 1.29 is 10.0 Å². The average Bonchev–Trinajstić information content (AvgIpc) is 2.55. The van der Waals surface area contributed by atoms with Crippen LogP contribution >= 0.6 is 11.3 Å². The molecule has 0 aliphatic rings. The second-order valence-electron chi connectivity index (χ2n) is 3.45. The van der Waals surface area contributed by atoms with Gasteiger partial charge in [-0.3, -0.25) is 0 Å². The Labute approximate surface area is 87.0 Å². The third kappa shape index (κ3) is 1.36. The number of hydrogen-bond acceptors (Lipinski definition) is 3. The van der Waals surface area contributed by atoms with Crippen molar-refractivity contribution in [1.29, 1.82) is 0 Å². The van der Waals surface area contributed by atoms with Crippen molar-refractivity contribution in [1.82, 2.24) is 0 Å². The van der Waals surface area contributed by atoms with Gasteiger partial charge in [0, 0.05) is 10.2 Å². The van der Waals surface area contributed by atoms with Gasteiger partial charge in [0.15, 0.2) is 0 Å². The van der Waals surface area contributed by atoms with Gasteiger partial charge in [0.05, 0.1) is 0 Å². The number of rotatable bonds is 1. The minimum atomic E-state index is -1.37. The topological polar surface area (TPSA) is 40.5 Å². The van der Waals surface area contributed by atoms with Gasteiger partial charge in [0.2, 0.25) is 0 Å². The third-order valence-electron chi connectivity index (χ3n) is 2.57. The molecule has 0 atom stereocenters. The first-order valence-corrected chi connectivity index (χ1v) is 5.32. The summed E-state index contributed by atoms with van der Waals surface area (Å²) in [5.41, 5.74) is 3.06. The van der Waals surface area contributed by atoms with E-state index < -0.39 is 7.12 Å². The van der Waals surface area contributed by atoms with Crippen LogP contribution in [0.1, 0.15) is 11.1 Å². The Morgan fingerprint density at radius 3 is 2.57 bits per heavy atom. The predicted octanol–water partition coefficient (Wildman–Crippen LogP) is 1.20. The Balaban J connectivity index is 2.77. The van der Waals surface area contributed by atoms with Crippen LogP contribution in [0.2, 0.25) is 0 Å². The van der Waals surface area contributed by atoms with E-state index in [1.807, 2.05) is 17.5 Å². The highest BCUT2D eigenvalue weighted by molar-refractivity contribution is 7.18. The molecule has 2 aromatic rings. The van der Waals surface area contributed by atoms with Crippen LogP contribution < -0.4 is 5.46 Å². The van der Waals surface area contributed by atoms with Crippen LogP contribution in [-0.4, -0.2) is 17.2 Å². The molecule has 0 saturated heterocycles. The van der Waals surface area contributed by atoms with E-state index in [0.29, 0.717) is 5.46 Å². The normalized spacial score (nSPS) is 10.9. The molecule has 1 heterocycles. The van der Waals surface area contributed by atoms with Crippen molar-refractivity contribution >= 4 is 34.0 Å². The maximum atomic E-state index is 9.13. The highest BCUT2D eigenvalue weighted by atomic mass is 32.1. The summed E-state index contributed by atoms with van der Waals surface area (Å²) in [4.78, 5) is 0. The minimum Gasteiger partial charge on any atom is -0.423 e. The van der Waals surface area contributed by atoms with Crippen molar-refractivity contribution in [3.63, 3.8) is 0 Å². The minimum absolute atomic E-state index is 0.605. The highest BCUT2D eigenvalue weighted by Crippen LogP contribution is 2.25. The maximum absolute atomic E-state index is 9.13. The highest BCUT2D eigenvalue weighted by Gasteiger charge is 2.17. The fourth-order valence-corrected chi connectivity index (χ4v) is 2.70. The molecule has 1 aromatic heterocycles. The van der Waals surface area contributed by atoms with Crippen LogP contribution in [0.3, 0.4) is 0 Å². The van der Waals surface area contributed by atoms with E-state index in [1.165, 1.54) is 11.1 Å². The molecule has 0 aliphatic carbocycles. The lowest BCUT2D eigenvalue weighted by Gasteiger charge is -2.02. The van der Waals surface area contributed by atoms with E-state index in [1.54, 1.807) is 11.3 Å². The summed E-state index contributed by atoms with van der Waals surface area (Å²) in [5.74, 6) is 0. The summed E-state index contributed by atoms with van der Waals surface area (Å²) >= 11 is 1.56. The Kier molecular flexibility index (Phi) is 2.35. The van der Waals surface area contributed by atoms with E-state index in [0.717, 1.165) is 10.1 Å². The molecule has 0 fully saturated rings. The molecule has 4 heteroatoms. The molecule has 2 N–H and O–H groups in total. The van der Waals surface area contributed by atoms with Gasteiger partial charge >= 0.3 is 7.12 Å². The molecule has 14 heavy (non-hydrogen) atoms. The molecular formula is C10H11BO2S. The average molecular weight is 206 g/mol. The van der Waals surface area contributed by atoms with Gasteiger partial charge in [0.1, 0.15) is 0 Å². The monoisotopic (exact) mass is 206 g/mol. The van der Waals surface area contributed by atoms with E-state index in [2.05, 4.69) is 13.8 Å². The van der Waals surface area contributed by atoms with Crippen LogP contribution in [0.4, 0.5) is 0 Å². The molecule has 2 nitrogen and oxygen atoms in total. The lowest BCUT2D eigenvalue weighted by atomic mass is 9.80. The van der Waals surface area contributed by atoms with Crippen LogP contribution in [0.25, 0.3) is 10.1 Å². The standard InChI is InChI=1S/C10H11BO2S/c1-6-3-4-8-9(11(12)13)5-14-10(8)7(6)2/h3-5,12-13H,1-2H3. The fraction of sp³-hybridized carbons (Fsp3) is 0.200. The molecule has 0 radical (unpaired) electrons. The van der Waals surface area contributed by atoms with Crippen molar-refractivity contribution in [2.45, 2.75) is 13.8 Å². The molecule has 0 spiro atoms. The van der Waals surface area contributed by atoms with Crippen molar-refractivity contribution in [2.24, 2.45) is 0 Å². The Bertz CT molecular complexity index is 476. The molecule has 72 valence electrons. The van der Waals surface area contributed by atoms with Gasteiger partial charge in [-0.2, -0.15) is 0 Å². The SMILES string of the molecule is Cc1ccc2c(B(O)O)csc2c1C. The quantitative estimate of drug-likeness (QED) is 0.688. The zero-order valence-corrected chi connectivity index (χ0v) is 8.93. The fourth-order valence-electron chi connectivity index (χ4n) is 1.56. The summed E-state index contributed by atoms with van der Waals surface area (Å²) in [7, 11) is -1.37. The van der Waals surface area contributed by atoms with Gasteiger partial charge in [-0.05, 0) is 35.7 Å². The van der Waals surface area contributed by atoms with Gasteiger partial charge in [-0.25, -0.2) is 0 Å². The smallest absolute Gasteiger partial charge is 0.423 e. The van der Waals surface area contributed by atoms with Crippen molar-refractivity contribution in [3.8, 4) is 0 Å². The molecule has 2 rings (SSSR count).